The molecule has 0 unspecified atom stereocenters. The van der Waals surface area contributed by atoms with Crippen LogP contribution in [0.3, 0.4) is 0 Å². The van der Waals surface area contributed by atoms with Crippen LogP contribution in [0.1, 0.15) is 83.2 Å². The molecule has 5 heterocycles. The average Bonchev–Trinajstić information content (AvgIpc) is 3.94. The second kappa shape index (κ2) is 20.7. The number of nitriles is 1. The van der Waals surface area contributed by atoms with Crippen molar-refractivity contribution in [1.82, 2.24) is 35.1 Å². The first-order valence-corrected chi connectivity index (χ1v) is 23.4. The van der Waals surface area contributed by atoms with Crippen molar-refractivity contribution < 1.29 is 33.4 Å². The summed E-state index contributed by atoms with van der Waals surface area (Å²) >= 11 is 0. The van der Waals surface area contributed by atoms with Crippen molar-refractivity contribution in [1.29, 1.82) is 5.26 Å². The summed E-state index contributed by atoms with van der Waals surface area (Å²) in [6, 6.07) is 17.7. The van der Waals surface area contributed by atoms with Crippen LogP contribution >= 0.6 is 0 Å². The van der Waals surface area contributed by atoms with Crippen LogP contribution in [0.15, 0.2) is 73.4 Å². The second-order valence-corrected chi connectivity index (χ2v) is 19.3. The van der Waals surface area contributed by atoms with E-state index < -0.39 is 47.2 Å². The van der Waals surface area contributed by atoms with E-state index in [4.69, 9.17) is 14.5 Å². The monoisotopic (exact) mass is 912 g/mol. The molecule has 67 heavy (non-hydrogen) atoms. The predicted molar refractivity (Wildman–Crippen MR) is 254 cm³/mol. The van der Waals surface area contributed by atoms with E-state index in [9.17, 15) is 29.2 Å². The zero-order valence-electron chi connectivity index (χ0n) is 39.8. The Hall–Kier alpha value is -6.37. The highest BCUT2D eigenvalue weighted by atomic mass is 16.5. The normalized spacial score (nSPS) is 20.7. The molecule has 3 aliphatic rings. The smallest absolute Gasteiger partial charge is 0.324 e. The van der Waals surface area contributed by atoms with Gasteiger partial charge in [0.2, 0.25) is 17.7 Å². The number of nitrogens with one attached hydrogen (secondary N) is 2. The molecule has 2 aromatic carbocycles. The number of esters is 1. The molecule has 4 amide bonds. The Morgan fingerprint density at radius 1 is 1.09 bits per heavy atom. The fourth-order valence-electron chi connectivity index (χ4n) is 9.95. The number of benzene rings is 2. The molecule has 15 heteroatoms. The summed E-state index contributed by atoms with van der Waals surface area (Å²) in [6.07, 6.45) is 5.02. The maximum absolute atomic E-state index is 14.7. The summed E-state index contributed by atoms with van der Waals surface area (Å²) in [6.45, 7) is 14.9. The molecule has 2 N–H and O–H groups in total. The van der Waals surface area contributed by atoms with E-state index in [1.807, 2.05) is 57.2 Å². The van der Waals surface area contributed by atoms with Crippen molar-refractivity contribution in [3.05, 3.63) is 90.3 Å². The number of carbonyl (C=O) groups is 5. The van der Waals surface area contributed by atoms with Crippen molar-refractivity contribution in [2.45, 2.75) is 104 Å². The third kappa shape index (κ3) is 10.5. The number of hydrazine groups is 1. The first-order chi connectivity index (χ1) is 32.0. The van der Waals surface area contributed by atoms with Crippen molar-refractivity contribution in [2.24, 2.45) is 17.3 Å². The van der Waals surface area contributed by atoms with Crippen molar-refractivity contribution in [3.8, 4) is 28.5 Å². The number of ether oxygens (including phenoxy) is 2. The van der Waals surface area contributed by atoms with Crippen molar-refractivity contribution in [3.63, 3.8) is 0 Å². The summed E-state index contributed by atoms with van der Waals surface area (Å²) in [5.41, 5.74) is 9.75. The number of likely N-dealkylation sites (tertiary alicyclic amines) is 1. The van der Waals surface area contributed by atoms with Gasteiger partial charge >= 0.3 is 5.97 Å². The number of rotatable bonds is 11. The molecule has 6 bridgehead atoms. The maximum Gasteiger partial charge on any atom is 0.324 e. The Balaban J connectivity index is 1.31. The summed E-state index contributed by atoms with van der Waals surface area (Å²) < 4.78 is 14.1. The first kappa shape index (κ1) is 48.6. The fourth-order valence-corrected chi connectivity index (χ4v) is 9.95. The molecular formula is C52H64N8O7. The quantitative estimate of drug-likeness (QED) is 0.131. The lowest BCUT2D eigenvalue weighted by Gasteiger charge is -2.37. The van der Waals surface area contributed by atoms with Gasteiger partial charge in [0.15, 0.2) is 0 Å². The average molecular weight is 913 g/mol. The van der Waals surface area contributed by atoms with Gasteiger partial charge in [-0.2, -0.15) is 5.26 Å². The number of hydrogen-bond acceptors (Lipinski definition) is 10. The number of pyridine rings is 1. The van der Waals surface area contributed by atoms with Gasteiger partial charge < -0.3 is 29.2 Å². The second-order valence-electron chi connectivity index (χ2n) is 19.3. The Morgan fingerprint density at radius 3 is 2.60 bits per heavy atom. The number of aryl methyl sites for hydroxylation is 1. The highest BCUT2D eigenvalue weighted by molar-refractivity contribution is 5.96. The van der Waals surface area contributed by atoms with Crippen molar-refractivity contribution in [2.75, 3.05) is 40.4 Å². The van der Waals surface area contributed by atoms with Gasteiger partial charge in [0.1, 0.15) is 18.1 Å². The lowest BCUT2D eigenvalue weighted by molar-refractivity contribution is -0.155. The molecule has 7 rings (SSSR count). The van der Waals surface area contributed by atoms with Gasteiger partial charge in [-0.05, 0) is 91.1 Å². The van der Waals surface area contributed by atoms with Crippen LogP contribution < -0.4 is 10.7 Å². The minimum Gasteiger partial charge on any atom is -0.464 e. The predicted octanol–water partition coefficient (Wildman–Crippen LogP) is 6.16. The zero-order valence-corrected chi connectivity index (χ0v) is 39.8. The summed E-state index contributed by atoms with van der Waals surface area (Å²) in [4.78, 5) is 77.2. The molecule has 15 nitrogen and oxygen atoms in total. The summed E-state index contributed by atoms with van der Waals surface area (Å²) in [7, 11) is 3.26. The van der Waals surface area contributed by atoms with E-state index in [0.29, 0.717) is 45.3 Å². The van der Waals surface area contributed by atoms with Crippen LogP contribution in [0.25, 0.3) is 33.3 Å². The SMILES string of the molecule is C=CC(=O)N1CC[C@H](C(=O)N(C)[C@H](C(=O)N[C@H]2Cc3cccc(c3)-c3ccc4c(c3)c(c(-c3cccnc3[C@H](C)OC)n4CCC#N)CC(C)(C)COC(=O)[C@@H]3CCCN(N3)C2=O)C(C)C)C1. The number of aromatic nitrogens is 2. The highest BCUT2D eigenvalue weighted by Gasteiger charge is 2.40. The Labute approximate surface area is 393 Å². The molecule has 0 radical (unpaired) electrons. The largest absolute Gasteiger partial charge is 0.464 e. The molecule has 3 aliphatic heterocycles. The molecule has 0 spiro atoms. The minimum atomic E-state index is -1.08. The summed E-state index contributed by atoms with van der Waals surface area (Å²) in [5.74, 6) is -2.68. The number of methoxy groups -OCH3 is 1. The Morgan fingerprint density at radius 2 is 1.87 bits per heavy atom. The van der Waals surface area contributed by atoms with E-state index in [1.54, 1.807) is 25.3 Å². The third-order valence-corrected chi connectivity index (χ3v) is 13.4. The standard InChI is InChI=1S/C52H64N8O7/c1-9-44(61)58-25-20-37(30-58)49(63)57(7)46(32(2)3)48(62)55-42-27-34-14-10-15-35(26-34)36-18-19-43-39(28-36)40(29-52(5,6)31-67-51(65)41-17-12-24-60(56-41)50(42)64)47(59(43)23-13-21-53)38-16-11-22-54-45(38)33(4)66-8/h9-11,14-16,18-19,22,26,28,32-33,37,41-42,46,56H,1,12-13,17,20,23-25,27,29-31H2,2-8H3,(H,55,62)/t33-,37-,41-,42-,46-/m0/s1. The molecule has 2 fully saturated rings. The Bertz CT molecular complexity index is 2580. The van der Waals surface area contributed by atoms with Gasteiger partial charge in [0.05, 0.1) is 42.5 Å². The Kier molecular flexibility index (Phi) is 15.0. The van der Waals surface area contributed by atoms with Crippen LogP contribution in [-0.2, 0) is 52.8 Å². The number of likely N-dealkylation sites (N-methyl/N-ethyl adjacent to an activating group) is 1. The third-order valence-electron chi connectivity index (χ3n) is 13.4. The lowest BCUT2D eigenvalue weighted by Crippen LogP contribution is -2.62. The van der Waals surface area contributed by atoms with Gasteiger partial charge in [-0.1, -0.05) is 64.6 Å². The van der Waals surface area contributed by atoms with Crippen LogP contribution in [0.4, 0.5) is 0 Å². The van der Waals surface area contributed by atoms with E-state index >= 15 is 0 Å². The zero-order chi connectivity index (χ0) is 48.2. The molecule has 2 aromatic heterocycles. The highest BCUT2D eigenvalue weighted by Crippen LogP contribution is 2.42. The van der Waals surface area contributed by atoms with Gasteiger partial charge in [-0.3, -0.25) is 34.0 Å². The van der Waals surface area contributed by atoms with Gasteiger partial charge in [0.25, 0.3) is 5.91 Å². The number of fused-ring (bicyclic) bond motifs is 6. The molecule has 2 saturated heterocycles. The number of cyclic esters (lactones) is 1. The van der Waals surface area contributed by atoms with E-state index in [2.05, 4.69) is 60.0 Å². The molecular weight excluding hydrogens is 849 g/mol. The van der Waals surface area contributed by atoms with Crippen LogP contribution in [-0.4, -0.2) is 112 Å². The van der Waals surface area contributed by atoms with E-state index in [-0.39, 0.29) is 49.8 Å². The van der Waals surface area contributed by atoms with Crippen LogP contribution in [0, 0.1) is 28.6 Å². The topological polar surface area (TPSA) is 179 Å². The molecule has 354 valence electrons. The number of amides is 4. The van der Waals surface area contributed by atoms with Gasteiger partial charge in [-0.25, -0.2) is 5.43 Å². The van der Waals surface area contributed by atoms with Crippen molar-refractivity contribution >= 4 is 40.5 Å². The van der Waals surface area contributed by atoms with Gasteiger partial charge in [0, 0.05) is 74.8 Å². The molecule has 4 aromatic rings. The van der Waals surface area contributed by atoms with Crippen LogP contribution in [0.2, 0.25) is 0 Å². The van der Waals surface area contributed by atoms with E-state index in [1.165, 1.54) is 16.0 Å². The lowest BCUT2D eigenvalue weighted by atomic mass is 9.84. The minimum absolute atomic E-state index is 0.0866. The van der Waals surface area contributed by atoms with E-state index in [0.717, 1.165) is 50.1 Å². The maximum atomic E-state index is 14.7. The first-order valence-electron chi connectivity index (χ1n) is 23.4. The molecule has 0 saturated carbocycles. The fraction of sp³-hybridized carbons (Fsp3) is 0.481. The molecule has 0 aliphatic carbocycles. The van der Waals surface area contributed by atoms with Crippen LogP contribution in [0.5, 0.6) is 0 Å². The number of nitrogens with zero attached hydrogens (tertiary/aromatic N) is 6. The van der Waals surface area contributed by atoms with Gasteiger partial charge in [-0.15, -0.1) is 0 Å². The summed E-state index contributed by atoms with van der Waals surface area (Å²) in [5, 5.41) is 15.3. The number of carbonyl (C=O) groups excluding carboxylic acids is 5. The molecule has 5 atom stereocenters. The number of hydrogen-bond donors (Lipinski definition) is 2.